The summed E-state index contributed by atoms with van der Waals surface area (Å²) in [6.45, 7) is 3.51. The fourth-order valence-corrected chi connectivity index (χ4v) is 5.14. The minimum Gasteiger partial charge on any atom is -0.327 e. The van der Waals surface area contributed by atoms with Crippen LogP contribution in [0.2, 0.25) is 0 Å². The van der Waals surface area contributed by atoms with Crippen molar-refractivity contribution < 1.29 is 19.2 Å². The minimum absolute atomic E-state index is 0.0330. The Morgan fingerprint density at radius 2 is 1.97 bits per heavy atom. The van der Waals surface area contributed by atoms with E-state index in [1.165, 1.54) is 0 Å². The SMILES string of the molecule is CN(Cc1cccc2c1C(=O)N(C1CCC(=O)NC1=O)C2=O)C[C@@]1(C)CCC[C@@H]1N. The Kier molecular flexibility index (Phi) is 5.23. The third-order valence-electron chi connectivity index (χ3n) is 6.78. The monoisotopic (exact) mass is 412 g/mol. The number of nitrogens with two attached hydrogens (primary N) is 1. The minimum atomic E-state index is -0.948. The van der Waals surface area contributed by atoms with Crippen molar-refractivity contribution in [3.63, 3.8) is 0 Å². The number of amides is 4. The maximum Gasteiger partial charge on any atom is 0.262 e. The maximum atomic E-state index is 13.2. The molecule has 4 rings (SSSR count). The van der Waals surface area contributed by atoms with Crippen molar-refractivity contribution in [3.8, 4) is 0 Å². The van der Waals surface area contributed by atoms with Gasteiger partial charge in [-0.3, -0.25) is 29.4 Å². The van der Waals surface area contributed by atoms with Crippen LogP contribution >= 0.6 is 0 Å². The Labute approximate surface area is 175 Å². The predicted molar refractivity (Wildman–Crippen MR) is 109 cm³/mol. The third-order valence-corrected chi connectivity index (χ3v) is 6.78. The second kappa shape index (κ2) is 7.59. The molecule has 2 aliphatic heterocycles. The van der Waals surface area contributed by atoms with Crippen LogP contribution in [0.3, 0.4) is 0 Å². The van der Waals surface area contributed by atoms with Gasteiger partial charge in [-0.1, -0.05) is 25.5 Å². The molecule has 0 radical (unpaired) electrons. The molecule has 3 atom stereocenters. The average Bonchev–Trinajstić information content (AvgIpc) is 3.13. The predicted octanol–water partition coefficient (Wildman–Crippen LogP) is 1.04. The quantitative estimate of drug-likeness (QED) is 0.699. The number of hydrogen-bond donors (Lipinski definition) is 2. The molecule has 8 nitrogen and oxygen atoms in total. The van der Waals surface area contributed by atoms with Crippen LogP contribution in [-0.2, 0) is 16.1 Å². The highest BCUT2D eigenvalue weighted by Gasteiger charge is 2.45. The highest BCUT2D eigenvalue weighted by molar-refractivity contribution is 6.24. The Bertz CT molecular complexity index is 930. The van der Waals surface area contributed by atoms with Crippen molar-refractivity contribution in [1.29, 1.82) is 0 Å². The third kappa shape index (κ3) is 3.44. The number of imide groups is 2. The zero-order chi connectivity index (χ0) is 21.6. The highest BCUT2D eigenvalue weighted by Crippen LogP contribution is 2.38. The van der Waals surface area contributed by atoms with E-state index in [-0.39, 0.29) is 30.2 Å². The molecular formula is C22H28N4O4. The summed E-state index contributed by atoms with van der Waals surface area (Å²) < 4.78 is 0. The molecule has 0 bridgehead atoms. The number of rotatable bonds is 5. The number of benzene rings is 1. The largest absolute Gasteiger partial charge is 0.327 e. The van der Waals surface area contributed by atoms with Crippen molar-refractivity contribution in [2.24, 2.45) is 11.1 Å². The van der Waals surface area contributed by atoms with Gasteiger partial charge in [0.15, 0.2) is 0 Å². The molecule has 30 heavy (non-hydrogen) atoms. The molecule has 0 spiro atoms. The van der Waals surface area contributed by atoms with Gasteiger partial charge < -0.3 is 10.6 Å². The molecule has 1 aliphatic carbocycles. The van der Waals surface area contributed by atoms with E-state index in [0.29, 0.717) is 17.7 Å². The first kappa shape index (κ1) is 20.7. The smallest absolute Gasteiger partial charge is 0.262 e. The van der Waals surface area contributed by atoms with Crippen molar-refractivity contribution in [2.45, 2.75) is 57.7 Å². The molecule has 1 saturated heterocycles. The molecule has 1 aromatic rings. The molecule has 4 amide bonds. The normalized spacial score (nSPS) is 29.0. The highest BCUT2D eigenvalue weighted by atomic mass is 16.2. The van der Waals surface area contributed by atoms with Gasteiger partial charge in [-0.25, -0.2) is 0 Å². The van der Waals surface area contributed by atoms with E-state index in [2.05, 4.69) is 17.1 Å². The first-order valence-electron chi connectivity index (χ1n) is 10.5. The molecule has 3 aliphatic rings. The summed E-state index contributed by atoms with van der Waals surface area (Å²) in [4.78, 5) is 53.0. The molecule has 0 aromatic heterocycles. The van der Waals surface area contributed by atoms with Crippen LogP contribution in [0.25, 0.3) is 0 Å². The summed E-state index contributed by atoms with van der Waals surface area (Å²) in [5.74, 6) is -1.91. The fraction of sp³-hybridized carbons (Fsp3) is 0.545. The number of nitrogens with one attached hydrogen (secondary N) is 1. The summed E-state index contributed by atoms with van der Waals surface area (Å²) in [5, 5.41) is 2.23. The molecule has 2 fully saturated rings. The summed E-state index contributed by atoms with van der Waals surface area (Å²) in [6, 6.07) is 4.46. The van der Waals surface area contributed by atoms with Crippen LogP contribution in [0.4, 0.5) is 0 Å². The van der Waals surface area contributed by atoms with Gasteiger partial charge in [0, 0.05) is 25.6 Å². The lowest BCUT2D eigenvalue weighted by Gasteiger charge is -2.34. The molecule has 1 unspecified atom stereocenters. The second-order valence-electron chi connectivity index (χ2n) is 9.11. The van der Waals surface area contributed by atoms with Gasteiger partial charge in [0.1, 0.15) is 6.04 Å². The van der Waals surface area contributed by atoms with E-state index in [1.54, 1.807) is 12.1 Å². The lowest BCUT2D eigenvalue weighted by molar-refractivity contribution is -0.136. The van der Waals surface area contributed by atoms with Gasteiger partial charge in [-0.15, -0.1) is 0 Å². The lowest BCUT2D eigenvalue weighted by atomic mass is 9.84. The first-order valence-corrected chi connectivity index (χ1v) is 10.5. The standard InChI is InChI=1S/C22H28N4O4/c1-22(10-4-7-16(22)23)12-25(2)11-13-5-3-6-14-18(13)21(30)26(20(14)29)15-8-9-17(27)24-19(15)28/h3,5-6,15-16H,4,7-12,23H2,1-2H3,(H,24,27,28)/t15?,16-,22+/m0/s1. The van der Waals surface area contributed by atoms with Crippen LogP contribution < -0.4 is 11.1 Å². The number of carbonyl (C=O) groups excluding carboxylic acids is 4. The topological polar surface area (TPSA) is 113 Å². The summed E-state index contributed by atoms with van der Waals surface area (Å²) in [5.41, 5.74) is 7.79. The van der Waals surface area contributed by atoms with E-state index in [0.717, 1.165) is 36.3 Å². The number of nitrogens with zero attached hydrogens (tertiary/aromatic N) is 2. The zero-order valence-corrected chi connectivity index (χ0v) is 17.4. The van der Waals surface area contributed by atoms with Crippen LogP contribution in [-0.4, -0.2) is 59.1 Å². The molecule has 1 saturated carbocycles. The first-order chi connectivity index (χ1) is 14.2. The van der Waals surface area contributed by atoms with Gasteiger partial charge in [-0.2, -0.15) is 0 Å². The van der Waals surface area contributed by atoms with E-state index in [9.17, 15) is 19.2 Å². The van der Waals surface area contributed by atoms with Crippen LogP contribution in [0.15, 0.2) is 18.2 Å². The molecule has 3 N–H and O–H groups in total. The maximum absolute atomic E-state index is 13.2. The zero-order valence-electron chi connectivity index (χ0n) is 17.4. The van der Waals surface area contributed by atoms with Gasteiger partial charge in [0.25, 0.3) is 11.8 Å². The number of carbonyl (C=O) groups is 4. The summed E-state index contributed by atoms with van der Waals surface area (Å²) in [6.07, 6.45) is 3.49. The van der Waals surface area contributed by atoms with Crippen molar-refractivity contribution in [3.05, 3.63) is 34.9 Å². The van der Waals surface area contributed by atoms with Crippen molar-refractivity contribution >= 4 is 23.6 Å². The second-order valence-corrected chi connectivity index (χ2v) is 9.11. The van der Waals surface area contributed by atoms with Crippen molar-refractivity contribution in [2.75, 3.05) is 13.6 Å². The van der Waals surface area contributed by atoms with Gasteiger partial charge in [0.05, 0.1) is 11.1 Å². The molecule has 1 aromatic carbocycles. The molecular weight excluding hydrogens is 384 g/mol. The molecule has 160 valence electrons. The summed E-state index contributed by atoms with van der Waals surface area (Å²) in [7, 11) is 1.99. The van der Waals surface area contributed by atoms with E-state index < -0.39 is 23.8 Å². The van der Waals surface area contributed by atoms with E-state index in [1.807, 2.05) is 13.1 Å². The Balaban J connectivity index is 1.56. The van der Waals surface area contributed by atoms with Gasteiger partial charge in [-0.05, 0) is 43.4 Å². The number of hydrogen-bond acceptors (Lipinski definition) is 6. The van der Waals surface area contributed by atoms with Crippen LogP contribution in [0, 0.1) is 5.41 Å². The van der Waals surface area contributed by atoms with Crippen LogP contribution in [0.1, 0.15) is 65.3 Å². The average molecular weight is 412 g/mol. The Hall–Kier alpha value is -2.58. The fourth-order valence-electron chi connectivity index (χ4n) is 5.14. The summed E-state index contributed by atoms with van der Waals surface area (Å²) >= 11 is 0. The van der Waals surface area contributed by atoms with Gasteiger partial charge in [0.2, 0.25) is 11.8 Å². The van der Waals surface area contributed by atoms with Gasteiger partial charge >= 0.3 is 0 Å². The number of piperidine rings is 1. The lowest BCUT2D eigenvalue weighted by Crippen LogP contribution is -2.54. The van der Waals surface area contributed by atoms with Crippen molar-refractivity contribution in [1.82, 2.24) is 15.1 Å². The molecule has 8 heteroatoms. The number of fused-ring (bicyclic) bond motifs is 1. The Morgan fingerprint density at radius 3 is 2.63 bits per heavy atom. The van der Waals surface area contributed by atoms with Crippen LogP contribution in [0.5, 0.6) is 0 Å². The van der Waals surface area contributed by atoms with E-state index >= 15 is 0 Å². The molecule has 2 heterocycles. The Morgan fingerprint density at radius 1 is 1.20 bits per heavy atom. The van der Waals surface area contributed by atoms with E-state index in [4.69, 9.17) is 5.73 Å².